The summed E-state index contributed by atoms with van der Waals surface area (Å²) >= 11 is 0. The van der Waals surface area contributed by atoms with E-state index in [0.717, 1.165) is 6.54 Å². The van der Waals surface area contributed by atoms with Crippen LogP contribution in [0.25, 0.3) is 0 Å². The van der Waals surface area contributed by atoms with Gasteiger partial charge in [0, 0.05) is 25.4 Å². The lowest BCUT2D eigenvalue weighted by Crippen LogP contribution is -2.33. The predicted molar refractivity (Wildman–Crippen MR) is 61.4 cm³/mol. The second kappa shape index (κ2) is 4.51. The topological polar surface area (TPSA) is 53.2 Å². The summed E-state index contributed by atoms with van der Waals surface area (Å²) in [6.07, 6.45) is 3.95. The lowest BCUT2D eigenvalue weighted by Gasteiger charge is -2.20. The first-order chi connectivity index (χ1) is 7.70. The number of nitrogens with zero attached hydrogens (tertiary/aromatic N) is 1. The molecule has 0 saturated heterocycles. The van der Waals surface area contributed by atoms with Gasteiger partial charge in [-0.2, -0.15) is 0 Å². The van der Waals surface area contributed by atoms with Crippen molar-refractivity contribution in [1.29, 1.82) is 0 Å². The van der Waals surface area contributed by atoms with E-state index >= 15 is 0 Å². The van der Waals surface area contributed by atoms with Gasteiger partial charge in [-0.25, -0.2) is 0 Å². The van der Waals surface area contributed by atoms with Crippen molar-refractivity contribution in [3.8, 4) is 0 Å². The number of carbonyl (C=O) groups is 1. The molecule has 0 aromatic carbocycles. The van der Waals surface area contributed by atoms with E-state index in [4.69, 9.17) is 0 Å². The van der Waals surface area contributed by atoms with Gasteiger partial charge in [0.15, 0.2) is 0 Å². The van der Waals surface area contributed by atoms with Crippen molar-refractivity contribution < 1.29 is 4.79 Å². The lowest BCUT2D eigenvalue weighted by atomic mass is 10.2. The molecule has 1 aliphatic carbocycles. The van der Waals surface area contributed by atoms with Crippen LogP contribution < -0.4 is 5.56 Å². The molecule has 0 aliphatic heterocycles. The molecule has 1 amide bonds. The summed E-state index contributed by atoms with van der Waals surface area (Å²) in [6.45, 7) is 3.54. The van der Waals surface area contributed by atoms with Gasteiger partial charge in [0.25, 0.3) is 5.91 Å². The minimum Gasteiger partial charge on any atom is -0.339 e. The second-order valence-electron chi connectivity index (χ2n) is 4.23. The van der Waals surface area contributed by atoms with Crippen molar-refractivity contribution in [2.75, 3.05) is 13.1 Å². The average Bonchev–Trinajstić information content (AvgIpc) is 3.10. The Kier molecular flexibility index (Phi) is 3.08. The largest absolute Gasteiger partial charge is 0.339 e. The molecule has 1 aliphatic rings. The van der Waals surface area contributed by atoms with Crippen LogP contribution in [0.5, 0.6) is 0 Å². The number of nitrogens with one attached hydrogen (secondary N) is 1. The van der Waals surface area contributed by atoms with Gasteiger partial charge in [0.2, 0.25) is 5.56 Å². The van der Waals surface area contributed by atoms with Crippen LogP contribution in [0.15, 0.2) is 23.1 Å². The van der Waals surface area contributed by atoms with Gasteiger partial charge in [0.1, 0.15) is 0 Å². The number of aromatic amines is 1. The Bertz CT molecular complexity index is 414. The van der Waals surface area contributed by atoms with E-state index in [9.17, 15) is 9.59 Å². The van der Waals surface area contributed by atoms with Crippen LogP contribution in [0, 0.1) is 5.92 Å². The smallest absolute Gasteiger partial charge is 0.255 e. The van der Waals surface area contributed by atoms with Crippen LogP contribution in [0.1, 0.15) is 30.1 Å². The number of amides is 1. The van der Waals surface area contributed by atoms with E-state index in [-0.39, 0.29) is 11.5 Å². The van der Waals surface area contributed by atoms with E-state index < -0.39 is 0 Å². The monoisotopic (exact) mass is 220 g/mol. The fraction of sp³-hybridized carbons (Fsp3) is 0.500. The zero-order valence-corrected chi connectivity index (χ0v) is 9.40. The molecule has 0 bridgehead atoms. The second-order valence-corrected chi connectivity index (χ2v) is 4.23. The van der Waals surface area contributed by atoms with E-state index in [1.807, 2.05) is 11.8 Å². The number of rotatable bonds is 4. The van der Waals surface area contributed by atoms with Crippen molar-refractivity contribution in [3.05, 3.63) is 34.2 Å². The molecule has 4 nitrogen and oxygen atoms in total. The summed E-state index contributed by atoms with van der Waals surface area (Å²) in [5.41, 5.74) is 0.379. The van der Waals surface area contributed by atoms with E-state index in [0.29, 0.717) is 18.0 Å². The van der Waals surface area contributed by atoms with Crippen molar-refractivity contribution in [2.24, 2.45) is 5.92 Å². The van der Waals surface area contributed by atoms with Gasteiger partial charge < -0.3 is 9.88 Å². The summed E-state index contributed by atoms with van der Waals surface area (Å²) in [7, 11) is 0. The Morgan fingerprint density at radius 2 is 2.25 bits per heavy atom. The van der Waals surface area contributed by atoms with Gasteiger partial charge in [0.05, 0.1) is 5.56 Å². The van der Waals surface area contributed by atoms with E-state index in [1.165, 1.54) is 25.1 Å². The number of hydrogen-bond acceptors (Lipinski definition) is 2. The van der Waals surface area contributed by atoms with Crippen molar-refractivity contribution in [2.45, 2.75) is 19.8 Å². The fourth-order valence-electron chi connectivity index (χ4n) is 1.69. The number of carbonyl (C=O) groups excluding carboxylic acids is 1. The highest BCUT2D eigenvalue weighted by molar-refractivity contribution is 5.93. The summed E-state index contributed by atoms with van der Waals surface area (Å²) in [6, 6.07) is 2.97. The third kappa shape index (κ3) is 2.51. The molecular weight excluding hydrogens is 204 g/mol. The first kappa shape index (κ1) is 10.9. The maximum Gasteiger partial charge on any atom is 0.255 e. The van der Waals surface area contributed by atoms with Crippen LogP contribution in [-0.2, 0) is 0 Å². The number of hydrogen-bond donors (Lipinski definition) is 1. The Hall–Kier alpha value is -1.58. The molecule has 1 N–H and O–H groups in total. The average molecular weight is 220 g/mol. The van der Waals surface area contributed by atoms with Gasteiger partial charge in [-0.1, -0.05) is 0 Å². The maximum atomic E-state index is 12.1. The normalized spacial score (nSPS) is 14.8. The first-order valence-electron chi connectivity index (χ1n) is 5.68. The third-order valence-electron chi connectivity index (χ3n) is 2.88. The zero-order valence-electron chi connectivity index (χ0n) is 9.40. The standard InChI is InChI=1S/C12H16N2O2/c1-2-14(8-9-3-4-9)12(16)10-5-6-11(15)13-7-10/h5-7,9H,2-4,8H2,1H3,(H,13,15). The highest BCUT2D eigenvalue weighted by Crippen LogP contribution is 2.29. The molecule has 1 aromatic rings. The Labute approximate surface area is 94.3 Å². The Balaban J connectivity index is 2.08. The molecule has 4 heteroatoms. The lowest BCUT2D eigenvalue weighted by molar-refractivity contribution is 0.0756. The van der Waals surface area contributed by atoms with Gasteiger partial charge in [-0.15, -0.1) is 0 Å². The molecule has 1 fully saturated rings. The minimum absolute atomic E-state index is 0.00523. The first-order valence-corrected chi connectivity index (χ1v) is 5.68. The summed E-state index contributed by atoms with van der Waals surface area (Å²) in [5.74, 6) is 0.692. The van der Waals surface area contributed by atoms with Crippen LogP contribution >= 0.6 is 0 Å². The van der Waals surface area contributed by atoms with Crippen LogP contribution in [0.3, 0.4) is 0 Å². The molecule has 0 unspecified atom stereocenters. The minimum atomic E-state index is -0.179. The molecule has 16 heavy (non-hydrogen) atoms. The molecule has 0 atom stereocenters. The van der Waals surface area contributed by atoms with E-state index in [2.05, 4.69) is 4.98 Å². The van der Waals surface area contributed by atoms with E-state index in [1.54, 1.807) is 6.07 Å². The third-order valence-corrected chi connectivity index (χ3v) is 2.88. The fourth-order valence-corrected chi connectivity index (χ4v) is 1.69. The van der Waals surface area contributed by atoms with Gasteiger partial charge >= 0.3 is 0 Å². The predicted octanol–water partition coefficient (Wildman–Crippen LogP) is 1.25. The molecule has 1 saturated carbocycles. The molecule has 86 valence electrons. The molecule has 0 spiro atoms. The van der Waals surface area contributed by atoms with Gasteiger partial charge in [-0.3, -0.25) is 9.59 Å². The zero-order chi connectivity index (χ0) is 11.5. The van der Waals surface area contributed by atoms with Crippen LogP contribution in [0.2, 0.25) is 0 Å². The molecule has 0 radical (unpaired) electrons. The van der Waals surface area contributed by atoms with Gasteiger partial charge in [-0.05, 0) is 31.7 Å². The quantitative estimate of drug-likeness (QED) is 0.830. The van der Waals surface area contributed by atoms with Crippen LogP contribution in [-0.4, -0.2) is 28.9 Å². The maximum absolute atomic E-state index is 12.1. The summed E-state index contributed by atoms with van der Waals surface area (Å²) in [4.78, 5) is 27.3. The van der Waals surface area contributed by atoms with Crippen molar-refractivity contribution >= 4 is 5.91 Å². The number of pyridine rings is 1. The Morgan fingerprint density at radius 1 is 1.50 bits per heavy atom. The molecular formula is C12H16N2O2. The molecule has 1 aromatic heterocycles. The Morgan fingerprint density at radius 3 is 2.75 bits per heavy atom. The van der Waals surface area contributed by atoms with Crippen molar-refractivity contribution in [1.82, 2.24) is 9.88 Å². The molecule has 1 heterocycles. The summed E-state index contributed by atoms with van der Waals surface area (Å²) < 4.78 is 0. The highest BCUT2D eigenvalue weighted by Gasteiger charge is 2.26. The van der Waals surface area contributed by atoms with Crippen LogP contribution in [0.4, 0.5) is 0 Å². The number of H-pyrrole nitrogens is 1. The van der Waals surface area contributed by atoms with Crippen molar-refractivity contribution in [3.63, 3.8) is 0 Å². The summed E-state index contributed by atoms with van der Waals surface area (Å²) in [5, 5.41) is 0. The SMILES string of the molecule is CCN(CC1CC1)C(=O)c1ccc(=O)[nH]c1. The highest BCUT2D eigenvalue weighted by atomic mass is 16.2. The molecule has 2 rings (SSSR count). The number of aromatic nitrogens is 1.